The van der Waals surface area contributed by atoms with Crippen LogP contribution < -0.4 is 10.1 Å². The van der Waals surface area contributed by atoms with Gasteiger partial charge in [0, 0.05) is 35.8 Å². The maximum absolute atomic E-state index is 13.0. The van der Waals surface area contributed by atoms with Crippen LogP contribution in [0.2, 0.25) is 0 Å². The van der Waals surface area contributed by atoms with Crippen molar-refractivity contribution in [1.82, 2.24) is 15.2 Å². The Labute approximate surface area is 178 Å². The van der Waals surface area contributed by atoms with Crippen LogP contribution in [0.1, 0.15) is 21.5 Å². The molecule has 2 aliphatic rings. The van der Waals surface area contributed by atoms with E-state index in [-0.39, 0.29) is 12.6 Å². The zero-order valence-electron chi connectivity index (χ0n) is 16.5. The molecule has 154 valence electrons. The number of carbonyl (C=O) groups excluding carboxylic acids is 1. The van der Waals surface area contributed by atoms with E-state index in [9.17, 15) is 4.79 Å². The Morgan fingerprint density at radius 1 is 1.23 bits per heavy atom. The summed E-state index contributed by atoms with van der Waals surface area (Å²) in [4.78, 5) is 29.7. The first-order chi connectivity index (χ1) is 14.7. The van der Waals surface area contributed by atoms with E-state index in [4.69, 9.17) is 14.5 Å². The lowest BCUT2D eigenvalue weighted by Gasteiger charge is -2.40. The predicted molar refractivity (Wildman–Crippen MR) is 112 cm³/mol. The number of benzene rings is 2. The van der Waals surface area contributed by atoms with Gasteiger partial charge in [-0.15, -0.1) is 11.3 Å². The number of fused-ring (bicyclic) bond motifs is 1. The quantitative estimate of drug-likeness (QED) is 0.636. The Morgan fingerprint density at radius 2 is 2.10 bits per heavy atom. The molecule has 8 heteroatoms. The Bertz CT molecular complexity index is 1050. The van der Waals surface area contributed by atoms with E-state index >= 15 is 0 Å². The third-order valence-corrected chi connectivity index (χ3v) is 6.45. The first kappa shape index (κ1) is 19.2. The molecule has 0 spiro atoms. The molecule has 3 aromatic rings. The van der Waals surface area contributed by atoms with Gasteiger partial charge in [0.2, 0.25) is 0 Å². The summed E-state index contributed by atoms with van der Waals surface area (Å²) in [7, 11) is 1.63. The second kappa shape index (κ2) is 7.81. The minimum absolute atomic E-state index is 0.0136. The van der Waals surface area contributed by atoms with Crippen molar-refractivity contribution in [3.63, 3.8) is 0 Å². The number of carbonyl (C=O) groups is 1. The van der Waals surface area contributed by atoms with E-state index in [1.807, 2.05) is 28.5 Å². The second-order valence-corrected chi connectivity index (χ2v) is 8.28. The Balaban J connectivity index is 1.43. The fourth-order valence-electron chi connectivity index (χ4n) is 4.02. The Hall–Kier alpha value is -2.78. The maximum Gasteiger partial charge on any atom is 0.254 e. The van der Waals surface area contributed by atoms with Crippen LogP contribution in [0.5, 0.6) is 5.75 Å². The van der Waals surface area contributed by atoms with Gasteiger partial charge in [-0.3, -0.25) is 10.1 Å². The van der Waals surface area contributed by atoms with Crippen molar-refractivity contribution in [3.8, 4) is 16.3 Å². The number of rotatable bonds is 5. The summed E-state index contributed by atoms with van der Waals surface area (Å²) in [5, 5.41) is 6.36. The molecular weight excluding hydrogens is 402 g/mol. The molecule has 1 N–H and O–H groups in total. The highest BCUT2D eigenvalue weighted by molar-refractivity contribution is 7.13. The number of nitrogens with zero attached hydrogens (tertiary/aromatic N) is 2. The van der Waals surface area contributed by atoms with E-state index in [1.54, 1.807) is 24.6 Å². The molecule has 1 aromatic heterocycles. The standard InChI is InChI=1S/C22H21N3O4S/c1-27-18-6-7-19-16(10-18)11-25(21(19)26)12-22(13-28-29-14-24-22)17-4-2-15(3-5-17)20-23-8-9-30-20/h2-10,24H,11-14H2,1H3. The Kier molecular flexibility index (Phi) is 5.00. The lowest BCUT2D eigenvalue weighted by molar-refractivity contribution is -0.339. The molecule has 0 radical (unpaired) electrons. The molecule has 2 aliphatic heterocycles. The molecule has 3 heterocycles. The van der Waals surface area contributed by atoms with Crippen molar-refractivity contribution in [2.24, 2.45) is 0 Å². The minimum Gasteiger partial charge on any atom is -0.497 e. The zero-order chi connectivity index (χ0) is 20.6. The number of hydrogen-bond donors (Lipinski definition) is 1. The minimum atomic E-state index is -0.568. The first-order valence-electron chi connectivity index (χ1n) is 9.65. The molecular formula is C22H21N3O4S. The predicted octanol–water partition coefficient (Wildman–Crippen LogP) is 3.18. The van der Waals surface area contributed by atoms with Crippen LogP contribution in [0.3, 0.4) is 0 Å². The van der Waals surface area contributed by atoms with Gasteiger partial charge in [-0.2, -0.15) is 0 Å². The van der Waals surface area contributed by atoms with Gasteiger partial charge in [0.15, 0.2) is 0 Å². The molecule has 1 atom stereocenters. The van der Waals surface area contributed by atoms with E-state index in [0.29, 0.717) is 19.7 Å². The molecule has 7 nitrogen and oxygen atoms in total. The van der Waals surface area contributed by atoms with Crippen LogP contribution in [0.25, 0.3) is 10.6 Å². The van der Waals surface area contributed by atoms with E-state index in [1.165, 1.54) is 0 Å². The van der Waals surface area contributed by atoms with Crippen molar-refractivity contribution >= 4 is 17.2 Å². The van der Waals surface area contributed by atoms with Gasteiger partial charge < -0.3 is 9.64 Å². The Morgan fingerprint density at radius 3 is 2.80 bits per heavy atom. The van der Waals surface area contributed by atoms with E-state index in [0.717, 1.165) is 33.0 Å². The van der Waals surface area contributed by atoms with Crippen LogP contribution in [-0.2, 0) is 21.9 Å². The SMILES string of the molecule is COc1ccc2c(c1)CN(CC1(c3ccc(-c4nccs4)cc3)COOCN1)C2=O. The number of amides is 1. The number of nitrogens with one attached hydrogen (secondary N) is 1. The molecule has 1 unspecified atom stereocenters. The summed E-state index contributed by atoms with van der Waals surface area (Å²) in [5.74, 6) is 0.767. The monoisotopic (exact) mass is 423 g/mol. The highest BCUT2D eigenvalue weighted by atomic mass is 32.1. The summed E-state index contributed by atoms with van der Waals surface area (Å²) in [6.45, 7) is 1.54. The molecule has 5 rings (SSSR count). The average molecular weight is 423 g/mol. The molecule has 1 fully saturated rings. The number of thiazole rings is 1. The van der Waals surface area contributed by atoms with Gasteiger partial charge in [-0.1, -0.05) is 24.3 Å². The van der Waals surface area contributed by atoms with E-state index in [2.05, 4.69) is 34.6 Å². The molecule has 0 saturated carbocycles. The summed E-state index contributed by atoms with van der Waals surface area (Å²) in [6.07, 6.45) is 1.80. The van der Waals surface area contributed by atoms with Crippen LogP contribution >= 0.6 is 11.3 Å². The fourth-order valence-corrected chi connectivity index (χ4v) is 4.66. The lowest BCUT2D eigenvalue weighted by Crippen LogP contribution is -2.57. The van der Waals surface area contributed by atoms with Crippen LogP contribution in [-0.4, -0.2) is 42.8 Å². The average Bonchev–Trinajstić information content (AvgIpc) is 3.43. The van der Waals surface area contributed by atoms with Gasteiger partial charge in [0.05, 0.1) is 12.6 Å². The summed E-state index contributed by atoms with van der Waals surface area (Å²) >= 11 is 1.60. The molecule has 1 amide bonds. The molecule has 0 aliphatic carbocycles. The molecule has 30 heavy (non-hydrogen) atoms. The van der Waals surface area contributed by atoms with Crippen molar-refractivity contribution in [2.45, 2.75) is 12.1 Å². The first-order valence-corrected chi connectivity index (χ1v) is 10.5. The zero-order valence-corrected chi connectivity index (χ0v) is 17.3. The lowest BCUT2D eigenvalue weighted by atomic mass is 9.89. The van der Waals surface area contributed by atoms with Gasteiger partial charge in [-0.05, 0) is 29.3 Å². The van der Waals surface area contributed by atoms with Crippen LogP contribution in [0.4, 0.5) is 0 Å². The van der Waals surface area contributed by atoms with Crippen molar-refractivity contribution in [1.29, 1.82) is 0 Å². The topological polar surface area (TPSA) is 72.9 Å². The number of ether oxygens (including phenoxy) is 1. The summed E-state index contributed by atoms with van der Waals surface area (Å²) in [5.41, 5.74) is 3.22. The van der Waals surface area contributed by atoms with Crippen LogP contribution in [0, 0.1) is 0 Å². The smallest absolute Gasteiger partial charge is 0.254 e. The molecule has 2 aromatic carbocycles. The maximum atomic E-state index is 13.0. The third-order valence-electron chi connectivity index (χ3n) is 5.63. The molecule has 1 saturated heterocycles. The second-order valence-electron chi connectivity index (χ2n) is 7.38. The third kappa shape index (κ3) is 3.37. The van der Waals surface area contributed by atoms with Gasteiger partial charge in [0.25, 0.3) is 5.91 Å². The van der Waals surface area contributed by atoms with Gasteiger partial charge in [-0.25, -0.2) is 14.8 Å². The fraction of sp³-hybridized carbons (Fsp3) is 0.273. The summed E-state index contributed by atoms with van der Waals surface area (Å²) in [6, 6.07) is 13.8. The summed E-state index contributed by atoms with van der Waals surface area (Å²) < 4.78 is 5.31. The number of methoxy groups -OCH3 is 1. The van der Waals surface area contributed by atoms with E-state index < -0.39 is 5.54 Å². The largest absolute Gasteiger partial charge is 0.497 e. The van der Waals surface area contributed by atoms with Crippen molar-refractivity contribution in [2.75, 3.05) is 27.0 Å². The van der Waals surface area contributed by atoms with Gasteiger partial charge in [0.1, 0.15) is 24.1 Å². The van der Waals surface area contributed by atoms with Crippen molar-refractivity contribution in [3.05, 3.63) is 70.7 Å². The normalized spacial score (nSPS) is 21.0. The van der Waals surface area contributed by atoms with Gasteiger partial charge >= 0.3 is 0 Å². The highest BCUT2D eigenvalue weighted by Gasteiger charge is 2.41. The number of aromatic nitrogens is 1. The van der Waals surface area contributed by atoms with Crippen molar-refractivity contribution < 1.29 is 19.3 Å². The van der Waals surface area contributed by atoms with Crippen LogP contribution in [0.15, 0.2) is 54.0 Å². The highest BCUT2D eigenvalue weighted by Crippen LogP contribution is 2.33. The number of hydrogen-bond acceptors (Lipinski definition) is 7. The molecule has 0 bridgehead atoms.